The molecule has 0 aromatic heterocycles. The van der Waals surface area contributed by atoms with E-state index in [9.17, 15) is 4.39 Å². The molecule has 4 nitrogen and oxygen atoms in total. The number of hydrogen-bond donors (Lipinski definition) is 2. The zero-order valence-electron chi connectivity index (χ0n) is 15.5. The van der Waals surface area contributed by atoms with Crippen molar-refractivity contribution >= 4 is 41.7 Å². The molecule has 1 aliphatic carbocycles. The topological polar surface area (TPSA) is 39.7 Å². The van der Waals surface area contributed by atoms with E-state index in [1.54, 1.807) is 7.05 Å². The molecule has 1 aromatic rings. The van der Waals surface area contributed by atoms with E-state index in [1.807, 2.05) is 38.0 Å². The summed E-state index contributed by atoms with van der Waals surface area (Å²) in [7, 11) is 5.87. The molecule has 1 fully saturated rings. The Morgan fingerprint density at radius 3 is 2.52 bits per heavy atom. The van der Waals surface area contributed by atoms with Crippen molar-refractivity contribution in [2.75, 3.05) is 33.9 Å². The quantitative estimate of drug-likeness (QED) is 0.372. The van der Waals surface area contributed by atoms with Crippen molar-refractivity contribution < 1.29 is 4.39 Å². The molecule has 7 heteroatoms. The van der Waals surface area contributed by atoms with Gasteiger partial charge in [0, 0.05) is 24.9 Å². The molecular weight excluding hydrogens is 450 g/mol. The van der Waals surface area contributed by atoms with Crippen molar-refractivity contribution in [3.63, 3.8) is 0 Å². The van der Waals surface area contributed by atoms with Gasteiger partial charge >= 0.3 is 0 Å². The molecule has 0 radical (unpaired) electrons. The van der Waals surface area contributed by atoms with Crippen molar-refractivity contribution in [1.82, 2.24) is 15.5 Å². The molecule has 3 atom stereocenters. The summed E-state index contributed by atoms with van der Waals surface area (Å²) in [6, 6.07) is 7.37. The Hall–Kier alpha value is -0.540. The van der Waals surface area contributed by atoms with Crippen molar-refractivity contribution in [3.05, 3.63) is 35.6 Å². The number of rotatable bonds is 6. The van der Waals surface area contributed by atoms with Gasteiger partial charge in [-0.15, -0.1) is 24.0 Å². The van der Waals surface area contributed by atoms with Crippen molar-refractivity contribution in [2.24, 2.45) is 4.99 Å². The molecule has 1 saturated carbocycles. The molecule has 0 bridgehead atoms. The Morgan fingerprint density at radius 2 is 2.00 bits per heavy atom. The van der Waals surface area contributed by atoms with E-state index >= 15 is 0 Å². The summed E-state index contributed by atoms with van der Waals surface area (Å²) < 4.78 is 13.1. The van der Waals surface area contributed by atoms with Crippen LogP contribution in [0.2, 0.25) is 0 Å². The van der Waals surface area contributed by atoms with Crippen LogP contribution >= 0.6 is 35.7 Å². The summed E-state index contributed by atoms with van der Waals surface area (Å²) in [5, 5.41) is 7.71. The number of halogens is 2. The summed E-state index contributed by atoms with van der Waals surface area (Å²) >= 11 is 1.95. The highest BCUT2D eigenvalue weighted by Gasteiger charge is 2.24. The predicted octanol–water partition coefficient (Wildman–Crippen LogP) is 3.50. The minimum Gasteiger partial charge on any atom is -0.354 e. The molecule has 2 N–H and O–H groups in total. The second-order valence-corrected chi connectivity index (χ2v) is 7.63. The van der Waals surface area contributed by atoms with E-state index in [0.717, 1.165) is 23.3 Å². The third-order valence-corrected chi connectivity index (χ3v) is 5.72. The third kappa shape index (κ3) is 6.94. The van der Waals surface area contributed by atoms with Gasteiger partial charge in [0.2, 0.25) is 0 Å². The largest absolute Gasteiger partial charge is 0.354 e. The Balaban J connectivity index is 0.00000312. The van der Waals surface area contributed by atoms with Crippen LogP contribution in [0.1, 0.15) is 30.9 Å². The fourth-order valence-electron chi connectivity index (χ4n) is 3.15. The van der Waals surface area contributed by atoms with Crippen LogP contribution < -0.4 is 10.6 Å². The first-order valence-electron chi connectivity index (χ1n) is 8.45. The summed E-state index contributed by atoms with van der Waals surface area (Å²) in [5.74, 6) is 0.641. The molecule has 0 amide bonds. The van der Waals surface area contributed by atoms with Gasteiger partial charge in [-0.3, -0.25) is 4.99 Å². The highest BCUT2D eigenvalue weighted by atomic mass is 127. The predicted molar refractivity (Wildman–Crippen MR) is 118 cm³/mol. The van der Waals surface area contributed by atoms with Crippen LogP contribution in [0.25, 0.3) is 0 Å². The molecular formula is C18H30FIN4S. The minimum absolute atomic E-state index is 0. The fraction of sp³-hybridized carbons (Fsp3) is 0.611. The lowest BCUT2D eigenvalue weighted by Crippen LogP contribution is -2.45. The summed E-state index contributed by atoms with van der Waals surface area (Å²) in [6.07, 6.45) is 5.84. The molecule has 0 saturated heterocycles. The summed E-state index contributed by atoms with van der Waals surface area (Å²) in [6.45, 7) is 0.719. The second-order valence-electron chi connectivity index (χ2n) is 6.50. The number of nitrogens with zero attached hydrogens (tertiary/aromatic N) is 2. The maximum absolute atomic E-state index is 13.1. The van der Waals surface area contributed by atoms with E-state index in [1.165, 1.54) is 31.4 Å². The first-order valence-corrected chi connectivity index (χ1v) is 9.74. The first kappa shape index (κ1) is 22.5. The Bertz CT molecular complexity index is 538. The maximum Gasteiger partial charge on any atom is 0.191 e. The lowest BCUT2D eigenvalue weighted by atomic mass is 10.1. The smallest absolute Gasteiger partial charge is 0.191 e. The van der Waals surface area contributed by atoms with Gasteiger partial charge in [-0.05, 0) is 57.3 Å². The van der Waals surface area contributed by atoms with Crippen LogP contribution in [0.4, 0.5) is 4.39 Å². The van der Waals surface area contributed by atoms with Crippen molar-refractivity contribution in [2.45, 2.75) is 36.6 Å². The van der Waals surface area contributed by atoms with Crippen molar-refractivity contribution in [1.29, 1.82) is 0 Å². The second kappa shape index (κ2) is 11.2. The Kier molecular flexibility index (Phi) is 10.1. The zero-order valence-corrected chi connectivity index (χ0v) is 18.6. The molecule has 0 spiro atoms. The Labute approximate surface area is 172 Å². The molecule has 142 valence electrons. The van der Waals surface area contributed by atoms with Crippen LogP contribution in [0.5, 0.6) is 0 Å². The minimum atomic E-state index is -0.203. The lowest BCUT2D eigenvalue weighted by molar-refractivity contribution is 0.297. The number of benzene rings is 1. The van der Waals surface area contributed by atoms with Crippen LogP contribution in [0.15, 0.2) is 29.3 Å². The monoisotopic (exact) mass is 480 g/mol. The molecule has 1 aromatic carbocycles. The molecule has 2 rings (SSSR count). The van der Waals surface area contributed by atoms with Gasteiger partial charge in [0.15, 0.2) is 5.96 Å². The average Bonchev–Trinajstić information content (AvgIpc) is 3.03. The van der Waals surface area contributed by atoms with E-state index < -0.39 is 0 Å². The maximum atomic E-state index is 13.1. The number of thioether (sulfide) groups is 1. The van der Waals surface area contributed by atoms with Crippen LogP contribution in [-0.2, 0) is 0 Å². The van der Waals surface area contributed by atoms with E-state index in [2.05, 4.69) is 26.8 Å². The highest BCUT2D eigenvalue weighted by molar-refractivity contribution is 14.0. The molecule has 1 aliphatic rings. The number of aliphatic imine (C=N–C) groups is 1. The van der Waals surface area contributed by atoms with Crippen molar-refractivity contribution in [3.8, 4) is 0 Å². The van der Waals surface area contributed by atoms with Crippen LogP contribution in [-0.4, -0.2) is 56.1 Å². The van der Waals surface area contributed by atoms with Gasteiger partial charge in [0.25, 0.3) is 0 Å². The number of nitrogens with one attached hydrogen (secondary N) is 2. The highest BCUT2D eigenvalue weighted by Crippen LogP contribution is 2.28. The first-order chi connectivity index (χ1) is 11.5. The Morgan fingerprint density at radius 1 is 1.32 bits per heavy atom. The number of hydrogen-bond acceptors (Lipinski definition) is 3. The van der Waals surface area contributed by atoms with Gasteiger partial charge in [0.05, 0.1) is 6.04 Å². The summed E-state index contributed by atoms with van der Waals surface area (Å²) in [5.41, 5.74) is 1.09. The number of guanidine groups is 1. The SMILES string of the molecule is CN=C(NCC(c1ccc(F)cc1)N(C)C)NC1CCC(SC)C1.I. The third-order valence-electron chi connectivity index (χ3n) is 4.62. The molecule has 3 unspecified atom stereocenters. The van der Waals surface area contributed by atoms with Crippen LogP contribution in [0, 0.1) is 5.82 Å². The molecule has 0 heterocycles. The zero-order chi connectivity index (χ0) is 17.5. The van der Waals surface area contributed by atoms with Gasteiger partial charge < -0.3 is 15.5 Å². The van der Waals surface area contributed by atoms with Gasteiger partial charge in [-0.2, -0.15) is 11.8 Å². The van der Waals surface area contributed by atoms with E-state index in [0.29, 0.717) is 6.04 Å². The fourth-order valence-corrected chi connectivity index (χ4v) is 3.95. The van der Waals surface area contributed by atoms with Gasteiger partial charge in [0.1, 0.15) is 5.82 Å². The number of likely N-dealkylation sites (N-methyl/N-ethyl adjacent to an activating group) is 1. The summed E-state index contributed by atoms with van der Waals surface area (Å²) in [4.78, 5) is 6.48. The van der Waals surface area contributed by atoms with Crippen LogP contribution in [0.3, 0.4) is 0 Å². The molecule has 0 aliphatic heterocycles. The normalized spacial score (nSPS) is 21.8. The van der Waals surface area contributed by atoms with E-state index in [4.69, 9.17) is 0 Å². The van der Waals surface area contributed by atoms with Gasteiger partial charge in [-0.25, -0.2) is 4.39 Å². The average molecular weight is 480 g/mol. The van der Waals surface area contributed by atoms with E-state index in [-0.39, 0.29) is 35.8 Å². The standard InChI is InChI=1S/C18H29FN4S.HI/c1-20-18(22-15-9-10-16(11-15)24-4)21-12-17(23(2)3)13-5-7-14(19)8-6-13;/h5-8,15-17H,9-12H2,1-4H3,(H2,20,21,22);1H. The molecule has 25 heavy (non-hydrogen) atoms. The van der Waals surface area contributed by atoms with Gasteiger partial charge in [-0.1, -0.05) is 12.1 Å². The lowest BCUT2D eigenvalue weighted by Gasteiger charge is -2.26.